The van der Waals surface area contributed by atoms with Gasteiger partial charge in [0.05, 0.1) is 17.6 Å². The molecule has 7 heteroatoms. The molecule has 0 saturated carbocycles. The molecule has 0 unspecified atom stereocenters. The highest BCUT2D eigenvalue weighted by atomic mass is 32.2. The van der Waals surface area contributed by atoms with Crippen molar-refractivity contribution in [2.75, 3.05) is 4.72 Å². The number of pyridine rings is 1. The fourth-order valence-electron chi connectivity index (χ4n) is 1.62. The summed E-state index contributed by atoms with van der Waals surface area (Å²) in [6.07, 6.45) is 3.03. The minimum Gasteiger partial charge on any atom is -0.389 e. The van der Waals surface area contributed by atoms with Crippen LogP contribution in [0.1, 0.15) is 11.1 Å². The van der Waals surface area contributed by atoms with Crippen molar-refractivity contribution in [3.05, 3.63) is 59.9 Å². The van der Waals surface area contributed by atoms with E-state index in [-0.39, 0.29) is 10.7 Å². The molecule has 0 fully saturated rings. The van der Waals surface area contributed by atoms with E-state index in [0.29, 0.717) is 16.8 Å². The third-order valence-corrected chi connectivity index (χ3v) is 4.03. The van der Waals surface area contributed by atoms with Crippen LogP contribution in [0.25, 0.3) is 0 Å². The van der Waals surface area contributed by atoms with Gasteiger partial charge in [0.1, 0.15) is 4.99 Å². The van der Waals surface area contributed by atoms with Gasteiger partial charge in [-0.2, -0.15) is 0 Å². The van der Waals surface area contributed by atoms with Gasteiger partial charge in [-0.3, -0.25) is 9.71 Å². The van der Waals surface area contributed by atoms with Gasteiger partial charge in [0.25, 0.3) is 0 Å². The van der Waals surface area contributed by atoms with Gasteiger partial charge in [-0.15, -0.1) is 0 Å². The largest absolute Gasteiger partial charge is 0.389 e. The summed E-state index contributed by atoms with van der Waals surface area (Å²) in [6.45, 7) is 0. The first-order chi connectivity index (χ1) is 9.46. The summed E-state index contributed by atoms with van der Waals surface area (Å²) in [5.41, 5.74) is 7.29. The normalized spacial score (nSPS) is 11.0. The Morgan fingerprint density at radius 1 is 1.25 bits per heavy atom. The van der Waals surface area contributed by atoms with Crippen molar-refractivity contribution in [1.29, 1.82) is 0 Å². The Labute approximate surface area is 122 Å². The predicted molar refractivity (Wildman–Crippen MR) is 82.8 cm³/mol. The number of sulfonamides is 1. The summed E-state index contributed by atoms with van der Waals surface area (Å²) < 4.78 is 26.5. The Morgan fingerprint density at radius 3 is 2.50 bits per heavy atom. The van der Waals surface area contributed by atoms with E-state index < -0.39 is 10.0 Å². The van der Waals surface area contributed by atoms with Crippen molar-refractivity contribution >= 4 is 32.9 Å². The summed E-state index contributed by atoms with van der Waals surface area (Å²) in [6, 6.07) is 10.1. The first-order valence-corrected chi connectivity index (χ1v) is 7.81. The molecule has 0 spiro atoms. The molecule has 3 N–H and O–H groups in total. The van der Waals surface area contributed by atoms with Crippen molar-refractivity contribution in [1.82, 2.24) is 4.98 Å². The first kappa shape index (κ1) is 14.4. The zero-order chi connectivity index (χ0) is 14.6. The molecule has 1 aromatic heterocycles. The number of aromatic nitrogens is 1. The maximum absolute atomic E-state index is 12.0. The van der Waals surface area contributed by atoms with Crippen LogP contribution in [0.4, 0.5) is 5.69 Å². The predicted octanol–water partition coefficient (Wildman–Crippen LogP) is 1.66. The second kappa shape index (κ2) is 5.98. The van der Waals surface area contributed by atoms with E-state index in [2.05, 4.69) is 9.71 Å². The smallest absolute Gasteiger partial charge is 0.236 e. The van der Waals surface area contributed by atoms with Crippen LogP contribution < -0.4 is 10.5 Å². The van der Waals surface area contributed by atoms with Gasteiger partial charge >= 0.3 is 0 Å². The van der Waals surface area contributed by atoms with Crippen LogP contribution in [-0.2, 0) is 15.8 Å². The van der Waals surface area contributed by atoms with Crippen LogP contribution in [0.2, 0.25) is 0 Å². The van der Waals surface area contributed by atoms with Crippen LogP contribution >= 0.6 is 12.2 Å². The second-order valence-corrected chi connectivity index (χ2v) is 6.33. The quantitative estimate of drug-likeness (QED) is 0.821. The minimum absolute atomic E-state index is 0.125. The second-order valence-electron chi connectivity index (χ2n) is 4.16. The van der Waals surface area contributed by atoms with E-state index in [1.54, 1.807) is 42.6 Å². The lowest BCUT2D eigenvalue weighted by Crippen LogP contribution is -2.15. The van der Waals surface area contributed by atoms with E-state index in [1.165, 1.54) is 6.20 Å². The Balaban J connectivity index is 2.10. The van der Waals surface area contributed by atoms with Crippen LogP contribution in [0.3, 0.4) is 0 Å². The number of nitrogens with zero attached hydrogens (tertiary/aromatic N) is 1. The van der Waals surface area contributed by atoms with Crippen molar-refractivity contribution in [3.63, 3.8) is 0 Å². The molecule has 1 heterocycles. The number of rotatable bonds is 5. The zero-order valence-electron chi connectivity index (χ0n) is 10.5. The first-order valence-electron chi connectivity index (χ1n) is 5.75. The topological polar surface area (TPSA) is 85.1 Å². The molecule has 0 aliphatic rings. The molecule has 0 aliphatic heterocycles. The van der Waals surface area contributed by atoms with Crippen LogP contribution in [0.15, 0.2) is 48.8 Å². The maximum atomic E-state index is 12.0. The van der Waals surface area contributed by atoms with Crippen LogP contribution in [0.5, 0.6) is 0 Å². The molecule has 0 aliphatic carbocycles. The van der Waals surface area contributed by atoms with E-state index >= 15 is 0 Å². The molecule has 0 saturated heterocycles. The lowest BCUT2D eigenvalue weighted by atomic mass is 10.1. The van der Waals surface area contributed by atoms with Gasteiger partial charge in [-0.05, 0) is 17.7 Å². The third kappa shape index (κ3) is 4.01. The Bertz CT molecular complexity index is 698. The van der Waals surface area contributed by atoms with Gasteiger partial charge < -0.3 is 5.73 Å². The average Bonchev–Trinajstić information content (AvgIpc) is 2.39. The van der Waals surface area contributed by atoms with Gasteiger partial charge in [0.15, 0.2) is 0 Å². The average molecular weight is 307 g/mol. The Morgan fingerprint density at radius 2 is 1.95 bits per heavy atom. The summed E-state index contributed by atoms with van der Waals surface area (Å²) in [7, 11) is -3.47. The molecule has 104 valence electrons. The molecule has 0 bridgehead atoms. The number of hydrogen-bond acceptors (Lipinski definition) is 4. The highest BCUT2D eigenvalue weighted by Crippen LogP contribution is 2.12. The summed E-state index contributed by atoms with van der Waals surface area (Å²) in [5.74, 6) is -0.125. The number of thiocarbonyl (C=S) groups is 1. The zero-order valence-corrected chi connectivity index (χ0v) is 12.1. The van der Waals surface area contributed by atoms with Gasteiger partial charge in [0, 0.05) is 11.8 Å². The summed E-state index contributed by atoms with van der Waals surface area (Å²) >= 11 is 4.84. The van der Waals surface area contributed by atoms with E-state index in [0.717, 1.165) is 0 Å². The number of nitrogens with one attached hydrogen (secondary N) is 1. The molecule has 0 radical (unpaired) electrons. The van der Waals surface area contributed by atoms with Crippen molar-refractivity contribution < 1.29 is 8.42 Å². The monoisotopic (exact) mass is 307 g/mol. The van der Waals surface area contributed by atoms with Gasteiger partial charge in [-0.25, -0.2) is 8.42 Å². The van der Waals surface area contributed by atoms with Crippen LogP contribution in [0, 0.1) is 0 Å². The SMILES string of the molecule is NC(=S)c1ccc(CS(=O)(=O)Nc2cccnc2)cc1. The minimum atomic E-state index is -3.47. The van der Waals surface area contributed by atoms with Gasteiger partial charge in [-0.1, -0.05) is 36.5 Å². The summed E-state index contributed by atoms with van der Waals surface area (Å²) in [4.78, 5) is 4.14. The van der Waals surface area contributed by atoms with Crippen LogP contribution in [-0.4, -0.2) is 18.4 Å². The molecule has 1 aromatic carbocycles. The number of anilines is 1. The fourth-order valence-corrected chi connectivity index (χ4v) is 2.94. The van der Waals surface area contributed by atoms with Crippen molar-refractivity contribution in [2.45, 2.75) is 5.75 Å². The number of nitrogens with two attached hydrogens (primary N) is 1. The van der Waals surface area contributed by atoms with E-state index in [9.17, 15) is 8.42 Å². The van der Waals surface area contributed by atoms with Crippen molar-refractivity contribution in [2.24, 2.45) is 5.73 Å². The summed E-state index contributed by atoms with van der Waals surface area (Å²) in [5, 5.41) is 0. The highest BCUT2D eigenvalue weighted by molar-refractivity contribution is 7.91. The molecular formula is C13H13N3O2S2. The number of benzene rings is 1. The molecule has 0 atom stereocenters. The standard InChI is InChI=1S/C13H13N3O2S2/c14-13(19)11-5-3-10(4-6-11)9-20(17,18)16-12-2-1-7-15-8-12/h1-8,16H,9H2,(H2,14,19). The molecular weight excluding hydrogens is 294 g/mol. The lowest BCUT2D eigenvalue weighted by Gasteiger charge is -2.08. The van der Waals surface area contributed by atoms with E-state index in [4.69, 9.17) is 18.0 Å². The molecule has 20 heavy (non-hydrogen) atoms. The Kier molecular flexibility index (Phi) is 4.31. The molecule has 5 nitrogen and oxygen atoms in total. The lowest BCUT2D eigenvalue weighted by molar-refractivity contribution is 0.600. The highest BCUT2D eigenvalue weighted by Gasteiger charge is 2.11. The molecule has 2 aromatic rings. The maximum Gasteiger partial charge on any atom is 0.236 e. The van der Waals surface area contributed by atoms with Gasteiger partial charge in [0.2, 0.25) is 10.0 Å². The third-order valence-electron chi connectivity index (χ3n) is 2.53. The molecule has 2 rings (SSSR count). The molecule has 0 amide bonds. The number of hydrogen-bond donors (Lipinski definition) is 2. The van der Waals surface area contributed by atoms with Crippen molar-refractivity contribution in [3.8, 4) is 0 Å². The van der Waals surface area contributed by atoms with E-state index in [1.807, 2.05) is 0 Å². The fraction of sp³-hybridized carbons (Fsp3) is 0.0769. The Hall–Kier alpha value is -1.99.